The molecule has 2 atom stereocenters. The van der Waals surface area contributed by atoms with Gasteiger partial charge in [-0.1, -0.05) is 30.3 Å². The van der Waals surface area contributed by atoms with E-state index < -0.39 is 0 Å². The van der Waals surface area contributed by atoms with Gasteiger partial charge in [-0.25, -0.2) is 4.98 Å². The minimum atomic E-state index is 0.245. The molecule has 1 saturated heterocycles. The Morgan fingerprint density at radius 3 is 3.00 bits per heavy atom. The van der Waals surface area contributed by atoms with Crippen molar-refractivity contribution in [2.75, 3.05) is 13.2 Å². The van der Waals surface area contributed by atoms with Crippen molar-refractivity contribution in [3.05, 3.63) is 42.4 Å². The highest BCUT2D eigenvalue weighted by Gasteiger charge is 2.37. The number of aromatic nitrogens is 1. The van der Waals surface area contributed by atoms with Crippen molar-refractivity contribution in [3.63, 3.8) is 0 Å². The summed E-state index contributed by atoms with van der Waals surface area (Å²) in [5, 5.41) is 0. The number of oxazole rings is 1. The van der Waals surface area contributed by atoms with Crippen LogP contribution in [0, 0.1) is 0 Å². The van der Waals surface area contributed by atoms with Gasteiger partial charge in [0.05, 0.1) is 24.9 Å². The summed E-state index contributed by atoms with van der Waals surface area (Å²) < 4.78 is 11.6. The summed E-state index contributed by atoms with van der Waals surface area (Å²) in [5.41, 5.74) is 1.03. The highest BCUT2D eigenvalue weighted by Crippen LogP contribution is 2.30. The Bertz CT molecular complexity index is 713. The second-order valence-corrected chi connectivity index (χ2v) is 6.83. The molecule has 1 aliphatic heterocycles. The zero-order chi connectivity index (χ0) is 17.1. The second kappa shape index (κ2) is 7.40. The quantitative estimate of drug-likeness (QED) is 0.836. The molecule has 1 aromatic heterocycles. The Balaban J connectivity index is 1.29. The molecule has 5 nitrogen and oxygen atoms in total. The molecule has 132 valence electrons. The summed E-state index contributed by atoms with van der Waals surface area (Å²) in [6.07, 6.45) is 7.36. The maximum Gasteiger partial charge on any atom is 0.223 e. The number of carbonyl (C=O) groups excluding carboxylic acids is 1. The molecule has 2 fully saturated rings. The number of morpholine rings is 1. The second-order valence-electron chi connectivity index (χ2n) is 6.83. The lowest BCUT2D eigenvalue weighted by Crippen LogP contribution is -2.51. The average molecular weight is 340 g/mol. The van der Waals surface area contributed by atoms with Crippen LogP contribution >= 0.6 is 0 Å². The highest BCUT2D eigenvalue weighted by atomic mass is 16.5. The molecule has 1 aromatic carbocycles. The maximum atomic E-state index is 12.6. The number of benzene rings is 1. The van der Waals surface area contributed by atoms with E-state index in [4.69, 9.17) is 9.15 Å². The zero-order valence-corrected chi connectivity index (χ0v) is 14.4. The number of carbonyl (C=O) groups is 1. The third-order valence-corrected chi connectivity index (χ3v) is 5.20. The molecular weight excluding hydrogens is 316 g/mol. The van der Waals surface area contributed by atoms with Crippen LogP contribution in [-0.2, 0) is 16.0 Å². The van der Waals surface area contributed by atoms with Crippen molar-refractivity contribution in [3.8, 4) is 11.3 Å². The Kier molecular flexibility index (Phi) is 4.83. The van der Waals surface area contributed by atoms with E-state index in [9.17, 15) is 4.79 Å². The molecule has 2 aliphatic rings. The van der Waals surface area contributed by atoms with Crippen molar-refractivity contribution in [2.45, 2.75) is 50.7 Å². The molecule has 2 unspecified atom stereocenters. The molecule has 25 heavy (non-hydrogen) atoms. The average Bonchev–Trinajstić information content (AvgIpc) is 3.31. The van der Waals surface area contributed by atoms with E-state index in [2.05, 4.69) is 4.98 Å². The summed E-state index contributed by atoms with van der Waals surface area (Å²) in [6.45, 7) is 1.41. The van der Waals surface area contributed by atoms with Gasteiger partial charge >= 0.3 is 0 Å². The van der Waals surface area contributed by atoms with Crippen LogP contribution in [0.1, 0.15) is 38.0 Å². The van der Waals surface area contributed by atoms with Crippen molar-refractivity contribution in [1.82, 2.24) is 9.88 Å². The molecule has 0 N–H and O–H groups in total. The van der Waals surface area contributed by atoms with Gasteiger partial charge in [0.1, 0.15) is 0 Å². The number of ether oxygens (including phenoxy) is 1. The fourth-order valence-corrected chi connectivity index (χ4v) is 3.93. The predicted octanol–water partition coefficient (Wildman–Crippen LogP) is 3.44. The number of rotatable bonds is 5. The van der Waals surface area contributed by atoms with Gasteiger partial charge in [-0.15, -0.1) is 0 Å². The minimum Gasteiger partial charge on any atom is -0.441 e. The first-order valence-electron chi connectivity index (χ1n) is 9.22. The number of aryl methyl sites for hydroxylation is 1. The largest absolute Gasteiger partial charge is 0.441 e. The molecule has 1 amide bonds. The van der Waals surface area contributed by atoms with E-state index >= 15 is 0 Å². The van der Waals surface area contributed by atoms with Crippen LogP contribution in [0.5, 0.6) is 0 Å². The van der Waals surface area contributed by atoms with Gasteiger partial charge in [-0.3, -0.25) is 4.79 Å². The number of hydrogen-bond acceptors (Lipinski definition) is 4. The van der Waals surface area contributed by atoms with Crippen LogP contribution < -0.4 is 0 Å². The predicted molar refractivity (Wildman–Crippen MR) is 94.0 cm³/mol. The van der Waals surface area contributed by atoms with E-state index in [0.717, 1.165) is 43.6 Å². The van der Waals surface area contributed by atoms with Gasteiger partial charge < -0.3 is 14.1 Å². The molecule has 2 heterocycles. The fraction of sp³-hybridized carbons (Fsp3) is 0.500. The lowest BCUT2D eigenvalue weighted by Gasteiger charge is -2.37. The van der Waals surface area contributed by atoms with Gasteiger partial charge in [0, 0.05) is 24.9 Å². The molecule has 5 heteroatoms. The molecule has 0 bridgehead atoms. The van der Waals surface area contributed by atoms with Crippen molar-refractivity contribution >= 4 is 5.91 Å². The molecule has 1 aliphatic carbocycles. The van der Waals surface area contributed by atoms with Crippen LogP contribution in [0.25, 0.3) is 11.3 Å². The normalized spacial score (nSPS) is 22.8. The van der Waals surface area contributed by atoms with Crippen LogP contribution in [0.15, 0.2) is 40.9 Å². The van der Waals surface area contributed by atoms with Crippen molar-refractivity contribution in [2.24, 2.45) is 0 Å². The summed E-state index contributed by atoms with van der Waals surface area (Å²) >= 11 is 0. The number of amides is 1. The topological polar surface area (TPSA) is 55.6 Å². The number of fused-ring (bicyclic) bond motifs is 1. The SMILES string of the molecule is O=C(CCCc1ncc(-c2ccccc2)o1)N1CCOC2CCCC21. The van der Waals surface area contributed by atoms with Crippen LogP contribution in [0.4, 0.5) is 0 Å². The van der Waals surface area contributed by atoms with Gasteiger partial charge in [0.25, 0.3) is 0 Å². The molecular formula is C20H24N2O3. The van der Waals surface area contributed by atoms with Crippen molar-refractivity contribution in [1.29, 1.82) is 0 Å². The lowest BCUT2D eigenvalue weighted by molar-refractivity contribution is -0.144. The zero-order valence-electron chi connectivity index (χ0n) is 14.4. The summed E-state index contributed by atoms with van der Waals surface area (Å²) in [7, 11) is 0. The summed E-state index contributed by atoms with van der Waals surface area (Å²) in [4.78, 5) is 19.0. The monoisotopic (exact) mass is 340 g/mol. The van der Waals surface area contributed by atoms with Gasteiger partial charge in [0.15, 0.2) is 11.7 Å². The van der Waals surface area contributed by atoms with E-state index in [1.165, 1.54) is 0 Å². The fourth-order valence-electron chi connectivity index (χ4n) is 3.93. The third kappa shape index (κ3) is 3.61. The van der Waals surface area contributed by atoms with Crippen LogP contribution in [-0.4, -0.2) is 41.1 Å². The molecule has 0 spiro atoms. The third-order valence-electron chi connectivity index (χ3n) is 5.20. The highest BCUT2D eigenvalue weighted by molar-refractivity contribution is 5.76. The molecule has 4 rings (SSSR count). The Hall–Kier alpha value is -2.14. The van der Waals surface area contributed by atoms with E-state index in [1.807, 2.05) is 35.2 Å². The molecule has 2 aromatic rings. The van der Waals surface area contributed by atoms with Gasteiger partial charge in [-0.05, 0) is 25.7 Å². The van der Waals surface area contributed by atoms with Gasteiger partial charge in [-0.2, -0.15) is 0 Å². The Morgan fingerprint density at radius 1 is 1.24 bits per heavy atom. The van der Waals surface area contributed by atoms with Crippen molar-refractivity contribution < 1.29 is 13.9 Å². The Morgan fingerprint density at radius 2 is 2.12 bits per heavy atom. The summed E-state index contributed by atoms with van der Waals surface area (Å²) in [5.74, 6) is 1.73. The molecule has 1 saturated carbocycles. The number of hydrogen-bond donors (Lipinski definition) is 0. The lowest BCUT2D eigenvalue weighted by atomic mass is 10.1. The molecule has 0 radical (unpaired) electrons. The maximum absolute atomic E-state index is 12.6. The first-order valence-corrected chi connectivity index (χ1v) is 9.22. The Labute approximate surface area is 148 Å². The first-order chi connectivity index (χ1) is 12.3. The number of nitrogens with zero attached hydrogens (tertiary/aromatic N) is 2. The summed E-state index contributed by atoms with van der Waals surface area (Å²) in [6, 6.07) is 10.2. The van der Waals surface area contributed by atoms with E-state index in [0.29, 0.717) is 31.4 Å². The van der Waals surface area contributed by atoms with E-state index in [-0.39, 0.29) is 12.0 Å². The van der Waals surface area contributed by atoms with E-state index in [1.54, 1.807) is 6.20 Å². The van der Waals surface area contributed by atoms with Crippen LogP contribution in [0.2, 0.25) is 0 Å². The standard InChI is InChI=1S/C20H24N2O3/c23-20(22-12-13-24-17-9-4-8-16(17)22)11-5-10-19-21-14-18(25-19)15-6-2-1-3-7-15/h1-3,6-7,14,16-17H,4-5,8-13H2. The first kappa shape index (κ1) is 16.3. The minimum absolute atomic E-state index is 0.245. The van der Waals surface area contributed by atoms with Crippen LogP contribution in [0.3, 0.4) is 0 Å². The smallest absolute Gasteiger partial charge is 0.223 e. The van der Waals surface area contributed by atoms with Gasteiger partial charge in [0.2, 0.25) is 5.91 Å².